The Bertz CT molecular complexity index is 907. The SMILES string of the molecule is C=C(NN1CCN(c2ccc(Cl)cc2)CC1)c1cccc2ccccc12. The molecule has 0 unspecified atom stereocenters. The summed E-state index contributed by atoms with van der Waals surface area (Å²) >= 11 is 5.98. The fraction of sp³-hybridized carbons (Fsp3) is 0.182. The molecule has 1 fully saturated rings. The predicted molar refractivity (Wildman–Crippen MR) is 111 cm³/mol. The molecule has 3 nitrogen and oxygen atoms in total. The van der Waals surface area contributed by atoms with Crippen LogP contribution in [0.1, 0.15) is 5.56 Å². The molecular weight excluding hydrogens is 342 g/mol. The molecular formula is C22H22ClN3. The normalized spacial score (nSPS) is 15.2. The van der Waals surface area contributed by atoms with E-state index in [0.717, 1.165) is 42.5 Å². The summed E-state index contributed by atoms with van der Waals surface area (Å²) < 4.78 is 0. The molecule has 0 amide bonds. The molecule has 3 aromatic rings. The maximum atomic E-state index is 5.98. The lowest BCUT2D eigenvalue weighted by Gasteiger charge is -2.37. The van der Waals surface area contributed by atoms with Crippen molar-refractivity contribution in [2.24, 2.45) is 0 Å². The second-order valence-electron chi connectivity index (χ2n) is 6.57. The third kappa shape index (κ3) is 3.55. The molecule has 1 heterocycles. The molecule has 1 aliphatic heterocycles. The maximum absolute atomic E-state index is 5.98. The molecule has 0 bridgehead atoms. The van der Waals surface area contributed by atoms with Crippen LogP contribution >= 0.6 is 11.6 Å². The summed E-state index contributed by atoms with van der Waals surface area (Å²) in [5.74, 6) is 0. The smallest absolute Gasteiger partial charge is 0.0496 e. The standard InChI is InChI=1S/C22H22ClN3/c1-17(21-8-4-6-18-5-2-3-7-22(18)21)24-26-15-13-25(14-16-26)20-11-9-19(23)10-12-20/h2-12,24H,1,13-16H2. The summed E-state index contributed by atoms with van der Waals surface area (Å²) in [6, 6.07) is 22.8. The zero-order chi connectivity index (χ0) is 17.9. The Kier molecular flexibility index (Phi) is 4.83. The Morgan fingerprint density at radius 3 is 2.31 bits per heavy atom. The molecule has 1 N–H and O–H groups in total. The van der Waals surface area contributed by atoms with E-state index in [4.69, 9.17) is 11.6 Å². The molecule has 0 spiro atoms. The molecule has 3 aromatic carbocycles. The van der Waals surface area contributed by atoms with Crippen LogP contribution in [0.5, 0.6) is 0 Å². The van der Waals surface area contributed by atoms with E-state index < -0.39 is 0 Å². The lowest BCUT2D eigenvalue weighted by Crippen LogP contribution is -2.51. The highest BCUT2D eigenvalue weighted by Crippen LogP contribution is 2.24. The van der Waals surface area contributed by atoms with Gasteiger partial charge in [0.05, 0.1) is 0 Å². The number of hydrogen-bond donors (Lipinski definition) is 1. The van der Waals surface area contributed by atoms with Crippen LogP contribution in [-0.2, 0) is 0 Å². The summed E-state index contributed by atoms with van der Waals surface area (Å²) in [4.78, 5) is 2.38. The molecule has 1 aliphatic rings. The number of nitrogens with one attached hydrogen (secondary N) is 1. The number of nitrogens with zero attached hydrogens (tertiary/aromatic N) is 2. The van der Waals surface area contributed by atoms with E-state index in [1.807, 2.05) is 12.1 Å². The first-order valence-corrected chi connectivity index (χ1v) is 9.28. The summed E-state index contributed by atoms with van der Waals surface area (Å²) in [6.07, 6.45) is 0. The monoisotopic (exact) mass is 363 g/mol. The lowest BCUT2D eigenvalue weighted by molar-refractivity contribution is 0.215. The molecule has 4 heteroatoms. The third-order valence-corrected chi connectivity index (χ3v) is 5.13. The Labute approximate surface area is 159 Å². The quantitative estimate of drug-likeness (QED) is 0.719. The van der Waals surface area contributed by atoms with Gasteiger partial charge in [0.15, 0.2) is 0 Å². The van der Waals surface area contributed by atoms with E-state index in [9.17, 15) is 0 Å². The first kappa shape index (κ1) is 17.0. The van der Waals surface area contributed by atoms with Crippen LogP contribution in [0.2, 0.25) is 5.02 Å². The number of halogens is 1. The van der Waals surface area contributed by atoms with E-state index >= 15 is 0 Å². The van der Waals surface area contributed by atoms with Crippen LogP contribution in [0.3, 0.4) is 0 Å². The maximum Gasteiger partial charge on any atom is 0.0496 e. The Balaban J connectivity index is 1.41. The molecule has 0 aliphatic carbocycles. The van der Waals surface area contributed by atoms with Gasteiger partial charge in [-0.15, -0.1) is 0 Å². The Morgan fingerprint density at radius 2 is 1.54 bits per heavy atom. The van der Waals surface area contributed by atoms with Crippen LogP contribution in [0.4, 0.5) is 5.69 Å². The molecule has 1 saturated heterocycles. The fourth-order valence-electron chi connectivity index (χ4n) is 3.47. The van der Waals surface area contributed by atoms with Gasteiger partial charge >= 0.3 is 0 Å². The number of benzene rings is 3. The van der Waals surface area contributed by atoms with Gasteiger partial charge in [-0.3, -0.25) is 0 Å². The summed E-state index contributed by atoms with van der Waals surface area (Å²) in [5.41, 5.74) is 6.83. The van der Waals surface area contributed by atoms with Gasteiger partial charge in [-0.25, -0.2) is 5.01 Å². The average molecular weight is 364 g/mol. The first-order valence-electron chi connectivity index (χ1n) is 8.90. The highest BCUT2D eigenvalue weighted by atomic mass is 35.5. The van der Waals surface area contributed by atoms with Gasteiger partial charge in [0, 0.05) is 48.1 Å². The van der Waals surface area contributed by atoms with E-state index in [0.29, 0.717) is 0 Å². The van der Waals surface area contributed by atoms with Crippen molar-refractivity contribution in [3.05, 3.63) is 83.9 Å². The van der Waals surface area contributed by atoms with Crippen LogP contribution < -0.4 is 10.3 Å². The zero-order valence-electron chi connectivity index (χ0n) is 14.7. The van der Waals surface area contributed by atoms with E-state index in [2.05, 4.69) is 76.5 Å². The van der Waals surface area contributed by atoms with Crippen molar-refractivity contribution < 1.29 is 0 Å². The minimum atomic E-state index is 0.778. The Hall–Kier alpha value is -2.49. The van der Waals surface area contributed by atoms with Gasteiger partial charge in [-0.1, -0.05) is 60.6 Å². The Morgan fingerprint density at radius 1 is 0.846 bits per heavy atom. The van der Waals surface area contributed by atoms with E-state index in [1.165, 1.54) is 16.5 Å². The van der Waals surface area contributed by atoms with Crippen molar-refractivity contribution >= 4 is 33.8 Å². The molecule has 4 rings (SSSR count). The van der Waals surface area contributed by atoms with Crippen LogP contribution in [0.25, 0.3) is 16.5 Å². The van der Waals surface area contributed by atoms with Crippen molar-refractivity contribution in [1.29, 1.82) is 0 Å². The van der Waals surface area contributed by atoms with E-state index in [-0.39, 0.29) is 0 Å². The number of piperazine rings is 1. The minimum absolute atomic E-state index is 0.778. The predicted octanol–water partition coefficient (Wildman–Crippen LogP) is 4.79. The molecule has 26 heavy (non-hydrogen) atoms. The molecule has 132 valence electrons. The fourth-order valence-corrected chi connectivity index (χ4v) is 3.59. The summed E-state index contributed by atoms with van der Waals surface area (Å²) in [7, 11) is 0. The third-order valence-electron chi connectivity index (χ3n) is 4.88. The second-order valence-corrected chi connectivity index (χ2v) is 7.00. The molecule has 0 aromatic heterocycles. The largest absolute Gasteiger partial charge is 0.369 e. The van der Waals surface area contributed by atoms with Crippen LogP contribution in [-0.4, -0.2) is 31.2 Å². The van der Waals surface area contributed by atoms with Gasteiger partial charge in [0.25, 0.3) is 0 Å². The van der Waals surface area contributed by atoms with Gasteiger partial charge in [0.2, 0.25) is 0 Å². The van der Waals surface area contributed by atoms with Crippen LogP contribution in [0, 0.1) is 0 Å². The van der Waals surface area contributed by atoms with Crippen molar-refractivity contribution in [3.8, 4) is 0 Å². The number of hydrogen-bond acceptors (Lipinski definition) is 3. The topological polar surface area (TPSA) is 18.5 Å². The number of fused-ring (bicyclic) bond motifs is 1. The van der Waals surface area contributed by atoms with Gasteiger partial charge in [0.1, 0.15) is 0 Å². The highest BCUT2D eigenvalue weighted by molar-refractivity contribution is 6.30. The van der Waals surface area contributed by atoms with Crippen molar-refractivity contribution in [3.63, 3.8) is 0 Å². The second kappa shape index (κ2) is 7.40. The summed E-state index contributed by atoms with van der Waals surface area (Å²) in [6.45, 7) is 8.09. The highest BCUT2D eigenvalue weighted by Gasteiger charge is 2.18. The zero-order valence-corrected chi connectivity index (χ0v) is 15.4. The van der Waals surface area contributed by atoms with Crippen molar-refractivity contribution in [2.45, 2.75) is 0 Å². The lowest BCUT2D eigenvalue weighted by atomic mass is 10.0. The minimum Gasteiger partial charge on any atom is -0.369 e. The van der Waals surface area contributed by atoms with Crippen molar-refractivity contribution in [1.82, 2.24) is 10.4 Å². The van der Waals surface area contributed by atoms with Crippen LogP contribution in [0.15, 0.2) is 73.3 Å². The summed E-state index contributed by atoms with van der Waals surface area (Å²) in [5, 5.41) is 5.49. The molecule has 0 radical (unpaired) electrons. The van der Waals surface area contributed by atoms with Gasteiger partial charge < -0.3 is 10.3 Å². The first-order chi connectivity index (χ1) is 12.7. The van der Waals surface area contributed by atoms with Crippen molar-refractivity contribution in [2.75, 3.05) is 31.1 Å². The van der Waals surface area contributed by atoms with Gasteiger partial charge in [-0.05, 0) is 35.0 Å². The average Bonchev–Trinajstić information content (AvgIpc) is 2.69. The number of rotatable bonds is 4. The van der Waals surface area contributed by atoms with E-state index in [1.54, 1.807) is 0 Å². The molecule has 0 saturated carbocycles. The number of anilines is 1. The van der Waals surface area contributed by atoms with Gasteiger partial charge in [-0.2, -0.15) is 0 Å². The molecule has 0 atom stereocenters. The number of hydrazine groups is 1.